The molecule has 3 rings (SSSR count). The standard InChI is InChI=1S/C25H35N3O2Si/c1-17(2)31(18(3)4,19(5)6)28-14-13-21-23(26-15-20-11-9-8-10-12-20)22(25(29)30-7)16-27-24(21)28/h8-14,16-19H,15H2,1-7H3,(H,26,27). The number of aromatic nitrogens is 2. The summed E-state index contributed by atoms with van der Waals surface area (Å²) in [6, 6.07) is 12.3. The lowest BCUT2D eigenvalue weighted by atomic mass is 10.1. The number of nitrogens with zero attached hydrogens (tertiary/aromatic N) is 2. The van der Waals surface area contributed by atoms with Gasteiger partial charge in [-0.15, -0.1) is 0 Å². The van der Waals surface area contributed by atoms with Gasteiger partial charge in [0.2, 0.25) is 0 Å². The predicted molar refractivity (Wildman–Crippen MR) is 131 cm³/mol. The summed E-state index contributed by atoms with van der Waals surface area (Å²) in [6.45, 7) is 14.7. The number of hydrogen-bond donors (Lipinski definition) is 1. The zero-order valence-electron chi connectivity index (χ0n) is 19.8. The molecule has 6 heteroatoms. The molecule has 166 valence electrons. The summed E-state index contributed by atoms with van der Waals surface area (Å²) in [5.41, 5.74) is 5.00. The van der Waals surface area contributed by atoms with E-state index in [-0.39, 0.29) is 5.97 Å². The van der Waals surface area contributed by atoms with Gasteiger partial charge in [0, 0.05) is 18.1 Å². The Morgan fingerprint density at radius 3 is 2.19 bits per heavy atom. The SMILES string of the molecule is COC(=O)c1cnc2c(ccn2[Si](C(C)C)(C(C)C)C(C)C)c1NCc1ccccc1. The van der Waals surface area contributed by atoms with Gasteiger partial charge in [-0.25, -0.2) is 9.78 Å². The van der Waals surface area contributed by atoms with Crippen molar-refractivity contribution in [3.8, 4) is 0 Å². The smallest absolute Gasteiger partial charge is 0.341 e. The van der Waals surface area contributed by atoms with Gasteiger partial charge >= 0.3 is 5.97 Å². The van der Waals surface area contributed by atoms with Crippen LogP contribution in [-0.4, -0.2) is 30.5 Å². The number of methoxy groups -OCH3 is 1. The largest absolute Gasteiger partial charge is 0.465 e. The lowest BCUT2D eigenvalue weighted by molar-refractivity contribution is 0.0601. The molecule has 0 unspecified atom stereocenters. The van der Waals surface area contributed by atoms with Crippen LogP contribution in [0.2, 0.25) is 16.6 Å². The van der Waals surface area contributed by atoms with Crippen LogP contribution in [0.3, 0.4) is 0 Å². The third kappa shape index (κ3) is 4.01. The average molecular weight is 438 g/mol. The maximum atomic E-state index is 12.5. The summed E-state index contributed by atoms with van der Waals surface area (Å²) in [5.74, 6) is -0.377. The van der Waals surface area contributed by atoms with E-state index in [1.807, 2.05) is 18.2 Å². The molecule has 0 bridgehead atoms. The van der Waals surface area contributed by atoms with E-state index >= 15 is 0 Å². The third-order valence-corrected chi connectivity index (χ3v) is 13.4. The number of hydrogen-bond acceptors (Lipinski definition) is 4. The Bertz CT molecular complexity index is 1020. The number of carbonyl (C=O) groups excluding carboxylic acids is 1. The van der Waals surface area contributed by atoms with Crippen molar-refractivity contribution in [2.24, 2.45) is 0 Å². The fourth-order valence-electron chi connectivity index (χ4n) is 5.47. The number of pyridine rings is 1. The fraction of sp³-hybridized carbons (Fsp3) is 0.440. The Morgan fingerprint density at radius 1 is 1.03 bits per heavy atom. The van der Waals surface area contributed by atoms with Crippen LogP contribution in [-0.2, 0) is 11.3 Å². The normalized spacial score (nSPS) is 12.2. The molecule has 2 aromatic heterocycles. The lowest BCUT2D eigenvalue weighted by Crippen LogP contribution is -2.51. The Labute approximate surface area is 186 Å². The van der Waals surface area contributed by atoms with E-state index in [9.17, 15) is 4.79 Å². The lowest BCUT2D eigenvalue weighted by Gasteiger charge is -2.44. The molecule has 0 amide bonds. The average Bonchev–Trinajstić information content (AvgIpc) is 3.16. The zero-order valence-corrected chi connectivity index (χ0v) is 20.8. The highest BCUT2D eigenvalue weighted by Gasteiger charge is 2.46. The molecule has 0 aliphatic rings. The fourth-order valence-corrected chi connectivity index (χ4v) is 12.0. The van der Waals surface area contributed by atoms with Crippen molar-refractivity contribution in [2.75, 3.05) is 12.4 Å². The number of anilines is 1. The molecule has 0 saturated carbocycles. The maximum Gasteiger partial charge on any atom is 0.341 e. The van der Waals surface area contributed by atoms with E-state index in [1.54, 1.807) is 6.20 Å². The van der Waals surface area contributed by atoms with Gasteiger partial charge in [0.25, 0.3) is 0 Å². The maximum absolute atomic E-state index is 12.5. The Balaban J connectivity index is 2.20. The summed E-state index contributed by atoms with van der Waals surface area (Å²) in [6.07, 6.45) is 3.86. The molecular weight excluding hydrogens is 402 g/mol. The molecular formula is C25H35N3O2Si. The van der Waals surface area contributed by atoms with E-state index in [4.69, 9.17) is 9.72 Å². The van der Waals surface area contributed by atoms with Crippen LogP contribution >= 0.6 is 0 Å². The molecule has 0 fully saturated rings. The minimum absolute atomic E-state index is 0.377. The molecule has 2 heterocycles. The van der Waals surface area contributed by atoms with Gasteiger partial charge in [-0.1, -0.05) is 71.9 Å². The summed E-state index contributed by atoms with van der Waals surface area (Å²) in [5, 5.41) is 4.47. The number of carbonyl (C=O) groups is 1. The molecule has 3 aromatic rings. The van der Waals surface area contributed by atoms with Crippen molar-refractivity contribution in [3.63, 3.8) is 0 Å². The van der Waals surface area contributed by atoms with Crippen LogP contribution in [0.4, 0.5) is 5.69 Å². The summed E-state index contributed by atoms with van der Waals surface area (Å²) < 4.78 is 7.52. The van der Waals surface area contributed by atoms with Crippen LogP contribution in [0.15, 0.2) is 48.8 Å². The molecule has 0 saturated heterocycles. The molecule has 0 aliphatic carbocycles. The molecule has 1 N–H and O–H groups in total. The predicted octanol–water partition coefficient (Wildman–Crippen LogP) is 6.46. The summed E-state index contributed by atoms with van der Waals surface area (Å²) in [7, 11) is -0.559. The van der Waals surface area contributed by atoms with Gasteiger partial charge in [-0.3, -0.25) is 0 Å². The first-order chi connectivity index (χ1) is 14.7. The highest BCUT2D eigenvalue weighted by Crippen LogP contribution is 2.44. The second kappa shape index (κ2) is 9.26. The summed E-state index contributed by atoms with van der Waals surface area (Å²) >= 11 is 0. The summed E-state index contributed by atoms with van der Waals surface area (Å²) in [4.78, 5) is 17.3. The first-order valence-corrected chi connectivity index (χ1v) is 13.3. The minimum atomic E-state index is -1.97. The highest BCUT2D eigenvalue weighted by atomic mass is 28.3. The second-order valence-corrected chi connectivity index (χ2v) is 14.9. The van der Waals surface area contributed by atoms with Crippen LogP contribution in [0.25, 0.3) is 11.0 Å². The number of rotatable bonds is 8. The van der Waals surface area contributed by atoms with Gasteiger partial charge in [0.05, 0.1) is 12.8 Å². The molecule has 31 heavy (non-hydrogen) atoms. The Kier molecular flexibility index (Phi) is 6.89. The Morgan fingerprint density at radius 2 is 1.65 bits per heavy atom. The second-order valence-electron chi connectivity index (χ2n) is 9.15. The van der Waals surface area contributed by atoms with Crippen LogP contribution in [0.5, 0.6) is 0 Å². The minimum Gasteiger partial charge on any atom is -0.465 e. The number of nitrogens with one attached hydrogen (secondary N) is 1. The molecule has 0 radical (unpaired) electrons. The van der Waals surface area contributed by atoms with E-state index < -0.39 is 8.24 Å². The zero-order chi connectivity index (χ0) is 22.8. The van der Waals surface area contributed by atoms with E-state index in [0.717, 1.165) is 22.3 Å². The highest BCUT2D eigenvalue weighted by molar-refractivity contribution is 6.82. The quantitative estimate of drug-likeness (QED) is 0.325. The van der Waals surface area contributed by atoms with Crippen LogP contribution < -0.4 is 5.32 Å². The van der Waals surface area contributed by atoms with Crippen molar-refractivity contribution >= 4 is 30.9 Å². The van der Waals surface area contributed by atoms with Crippen LogP contribution in [0, 0.1) is 0 Å². The van der Waals surface area contributed by atoms with Crippen molar-refractivity contribution in [1.82, 2.24) is 9.22 Å². The monoisotopic (exact) mass is 437 g/mol. The number of benzene rings is 1. The first-order valence-electron chi connectivity index (χ1n) is 11.1. The molecule has 0 atom stereocenters. The van der Waals surface area contributed by atoms with Crippen molar-refractivity contribution < 1.29 is 9.53 Å². The number of ether oxygens (including phenoxy) is 1. The van der Waals surface area contributed by atoms with E-state index in [0.29, 0.717) is 28.7 Å². The molecule has 0 aliphatic heterocycles. The van der Waals surface area contributed by atoms with Gasteiger partial charge < -0.3 is 14.3 Å². The van der Waals surface area contributed by atoms with Crippen molar-refractivity contribution in [2.45, 2.75) is 64.7 Å². The van der Waals surface area contributed by atoms with Gasteiger partial charge in [0.1, 0.15) is 11.2 Å². The molecule has 5 nitrogen and oxygen atoms in total. The van der Waals surface area contributed by atoms with Gasteiger partial charge in [-0.05, 0) is 34.5 Å². The van der Waals surface area contributed by atoms with Crippen LogP contribution in [0.1, 0.15) is 57.5 Å². The van der Waals surface area contributed by atoms with Gasteiger partial charge in [0.15, 0.2) is 8.24 Å². The van der Waals surface area contributed by atoms with Crippen molar-refractivity contribution in [3.05, 3.63) is 59.9 Å². The van der Waals surface area contributed by atoms with E-state index in [1.165, 1.54) is 7.11 Å². The van der Waals surface area contributed by atoms with Gasteiger partial charge in [-0.2, -0.15) is 0 Å². The molecule has 1 aromatic carbocycles. The Hall–Kier alpha value is -2.60. The third-order valence-electron chi connectivity index (χ3n) is 6.62. The first kappa shape index (κ1) is 23.1. The number of fused-ring (bicyclic) bond motifs is 1. The topological polar surface area (TPSA) is 56.1 Å². The van der Waals surface area contributed by atoms with Crippen molar-refractivity contribution in [1.29, 1.82) is 0 Å². The number of esters is 1. The molecule has 0 spiro atoms. The van der Waals surface area contributed by atoms with E-state index in [2.05, 4.69) is 75.5 Å².